The summed E-state index contributed by atoms with van der Waals surface area (Å²) < 4.78 is 0. The van der Waals surface area contributed by atoms with Crippen molar-refractivity contribution >= 4 is 13.3 Å². The predicted octanol–water partition coefficient (Wildman–Crippen LogP) is 1.17. The minimum atomic E-state index is -1.15. The van der Waals surface area contributed by atoms with Gasteiger partial charge >= 0.3 is 13.3 Å². The molecule has 1 unspecified atom stereocenters. The Morgan fingerprint density at radius 3 is 2.23 bits per heavy atom. The Balaban J connectivity index is 0.00000105. The highest BCUT2D eigenvalue weighted by Crippen LogP contribution is 2.21. The topological polar surface area (TPSA) is 98.7 Å². The van der Waals surface area contributed by atoms with Crippen molar-refractivity contribution in [1.29, 1.82) is 0 Å². The smallest absolute Gasteiger partial charge is 0.427 e. The summed E-state index contributed by atoms with van der Waals surface area (Å²) in [5, 5.41) is 24.8. The summed E-state index contributed by atoms with van der Waals surface area (Å²) >= 11 is 0. The molecule has 6 nitrogen and oxygen atoms in total. The summed E-state index contributed by atoms with van der Waals surface area (Å²) in [6, 6.07) is 9.90. The zero-order valence-corrected chi connectivity index (χ0v) is 15.6. The van der Waals surface area contributed by atoms with Crippen molar-refractivity contribution in [3.8, 4) is 0 Å². The molecule has 0 saturated carbocycles. The molecule has 0 bridgehead atoms. The van der Waals surface area contributed by atoms with Gasteiger partial charge < -0.3 is 20.7 Å². The van der Waals surface area contributed by atoms with Crippen molar-refractivity contribution in [3.63, 3.8) is 0 Å². The van der Waals surface area contributed by atoms with Gasteiger partial charge in [-0.05, 0) is 63.1 Å². The van der Waals surface area contributed by atoms with Gasteiger partial charge in [0.25, 0.3) is 0 Å². The molecule has 1 aromatic rings. The summed E-state index contributed by atoms with van der Waals surface area (Å²) in [7, 11) is 0.870. The van der Waals surface area contributed by atoms with E-state index in [2.05, 4.69) is 34.9 Å². The van der Waals surface area contributed by atoms with Gasteiger partial charge in [0, 0.05) is 12.1 Å². The second-order valence-corrected chi connectivity index (χ2v) is 6.80. The molecule has 7 heteroatoms. The first-order valence-corrected chi connectivity index (χ1v) is 9.43. The lowest BCUT2D eigenvalue weighted by Crippen LogP contribution is -2.32. The lowest BCUT2D eigenvalue weighted by atomic mass is 9.83. The van der Waals surface area contributed by atoms with Crippen LogP contribution in [0.1, 0.15) is 43.2 Å². The third-order valence-electron chi connectivity index (χ3n) is 4.89. The van der Waals surface area contributed by atoms with Crippen LogP contribution in [0, 0.1) is 0 Å². The van der Waals surface area contributed by atoms with Crippen molar-refractivity contribution < 1.29 is 19.6 Å². The molecule has 1 aromatic carbocycles. The molecule has 26 heavy (non-hydrogen) atoms. The first-order valence-electron chi connectivity index (χ1n) is 9.43. The number of carbonyl (C=O) groups excluding carboxylic acids is 2. The highest BCUT2D eigenvalue weighted by Gasteiger charge is 2.19. The standard InChI is InChI=1S/C18H31BN2O2.CO2/c1-20-17(9-4-5-11-19(22)23)10-6-12-21-18-13-15-7-2-3-8-16(15)14-18;2-1-3/h2-3,7-8,17-18,20-23H,4-6,9-14H2,1H3;. The van der Waals surface area contributed by atoms with Gasteiger partial charge in [0.1, 0.15) is 0 Å². The predicted molar refractivity (Wildman–Crippen MR) is 102 cm³/mol. The molecule has 0 fully saturated rings. The number of hydrogen-bond donors (Lipinski definition) is 4. The Morgan fingerprint density at radius 1 is 1.12 bits per heavy atom. The van der Waals surface area contributed by atoms with Crippen molar-refractivity contribution in [2.45, 2.75) is 63.3 Å². The van der Waals surface area contributed by atoms with Crippen LogP contribution < -0.4 is 10.6 Å². The van der Waals surface area contributed by atoms with Crippen LogP contribution in [0.4, 0.5) is 0 Å². The fourth-order valence-corrected chi connectivity index (χ4v) is 3.51. The fraction of sp³-hybridized carbons (Fsp3) is 0.632. The molecule has 2 rings (SSSR count). The maximum atomic E-state index is 8.85. The molecular weight excluding hydrogens is 331 g/mol. The average Bonchev–Trinajstić information content (AvgIpc) is 3.03. The van der Waals surface area contributed by atoms with Crippen molar-refractivity contribution in [2.75, 3.05) is 13.6 Å². The Kier molecular flexibility index (Phi) is 11.9. The summed E-state index contributed by atoms with van der Waals surface area (Å²) in [4.78, 5) is 16.2. The highest BCUT2D eigenvalue weighted by molar-refractivity contribution is 6.40. The largest absolute Gasteiger partial charge is 0.451 e. The van der Waals surface area contributed by atoms with E-state index in [1.165, 1.54) is 24.0 Å². The van der Waals surface area contributed by atoms with Crippen LogP contribution in [0.3, 0.4) is 0 Å². The molecule has 0 heterocycles. The molecule has 0 amide bonds. The maximum absolute atomic E-state index is 8.85. The molecular formula is C19H31BN2O4. The van der Waals surface area contributed by atoms with Crippen LogP contribution in [0.15, 0.2) is 24.3 Å². The summed E-state index contributed by atoms with van der Waals surface area (Å²) in [5.74, 6) is 0. The van der Waals surface area contributed by atoms with E-state index >= 15 is 0 Å². The first kappa shape index (κ1) is 22.5. The van der Waals surface area contributed by atoms with Gasteiger partial charge in [-0.15, -0.1) is 0 Å². The van der Waals surface area contributed by atoms with Crippen molar-refractivity contribution in [3.05, 3.63) is 35.4 Å². The molecule has 1 aliphatic rings. The van der Waals surface area contributed by atoms with E-state index in [1.54, 1.807) is 0 Å². The van der Waals surface area contributed by atoms with E-state index in [4.69, 9.17) is 19.6 Å². The fourth-order valence-electron chi connectivity index (χ4n) is 3.51. The molecule has 1 aliphatic carbocycles. The third-order valence-corrected chi connectivity index (χ3v) is 4.89. The second-order valence-electron chi connectivity index (χ2n) is 6.80. The van der Waals surface area contributed by atoms with Crippen LogP contribution in [0.2, 0.25) is 6.32 Å². The van der Waals surface area contributed by atoms with Crippen LogP contribution in [-0.4, -0.2) is 49.0 Å². The normalized spacial score (nSPS) is 14.1. The van der Waals surface area contributed by atoms with Crippen LogP contribution in [0.5, 0.6) is 0 Å². The number of hydrogen-bond acceptors (Lipinski definition) is 6. The molecule has 0 aromatic heterocycles. The number of unbranched alkanes of at least 4 members (excludes halogenated alkanes) is 1. The number of rotatable bonds is 11. The van der Waals surface area contributed by atoms with E-state index in [-0.39, 0.29) is 6.15 Å². The number of fused-ring (bicyclic) bond motifs is 1. The van der Waals surface area contributed by atoms with E-state index in [1.807, 2.05) is 7.05 Å². The maximum Gasteiger partial charge on any atom is 0.451 e. The van der Waals surface area contributed by atoms with E-state index in [0.717, 1.165) is 38.6 Å². The van der Waals surface area contributed by atoms with Gasteiger partial charge in [0.05, 0.1) is 0 Å². The lowest BCUT2D eigenvalue weighted by Gasteiger charge is -2.17. The molecule has 0 spiro atoms. The quantitative estimate of drug-likeness (QED) is 0.349. The Labute approximate surface area is 156 Å². The number of benzene rings is 1. The van der Waals surface area contributed by atoms with Crippen LogP contribution >= 0.6 is 0 Å². The highest BCUT2D eigenvalue weighted by atomic mass is 16.4. The molecule has 0 saturated heterocycles. The zero-order chi connectivity index (χ0) is 19.2. The van der Waals surface area contributed by atoms with Gasteiger partial charge in [-0.2, -0.15) is 9.59 Å². The van der Waals surface area contributed by atoms with Gasteiger partial charge in [-0.1, -0.05) is 37.1 Å². The van der Waals surface area contributed by atoms with Crippen LogP contribution in [0.25, 0.3) is 0 Å². The minimum absolute atomic E-state index is 0.250. The van der Waals surface area contributed by atoms with E-state index in [9.17, 15) is 0 Å². The third kappa shape index (κ3) is 9.27. The first-order chi connectivity index (χ1) is 12.6. The zero-order valence-electron chi connectivity index (χ0n) is 15.6. The monoisotopic (exact) mass is 362 g/mol. The molecule has 4 N–H and O–H groups in total. The van der Waals surface area contributed by atoms with E-state index < -0.39 is 7.12 Å². The summed E-state index contributed by atoms with van der Waals surface area (Å²) in [6.07, 6.45) is 8.46. The van der Waals surface area contributed by atoms with Gasteiger partial charge in [-0.25, -0.2) is 0 Å². The van der Waals surface area contributed by atoms with Crippen molar-refractivity contribution in [1.82, 2.24) is 10.6 Å². The average molecular weight is 362 g/mol. The lowest BCUT2D eigenvalue weighted by molar-refractivity contribution is -0.191. The molecule has 144 valence electrons. The SMILES string of the molecule is CNC(CCCCB(O)O)CCCNC1Cc2ccccc2C1.O=C=O. The Bertz CT molecular complexity index is 511. The van der Waals surface area contributed by atoms with Crippen molar-refractivity contribution in [2.24, 2.45) is 0 Å². The second kappa shape index (κ2) is 13.7. The van der Waals surface area contributed by atoms with Gasteiger partial charge in [0.2, 0.25) is 0 Å². The minimum Gasteiger partial charge on any atom is -0.427 e. The number of nitrogens with one attached hydrogen (secondary N) is 2. The van der Waals surface area contributed by atoms with Crippen LogP contribution in [-0.2, 0) is 22.4 Å². The molecule has 0 aliphatic heterocycles. The van der Waals surface area contributed by atoms with E-state index in [0.29, 0.717) is 18.4 Å². The van der Waals surface area contributed by atoms with Gasteiger partial charge in [0.15, 0.2) is 0 Å². The molecule has 0 radical (unpaired) electrons. The molecule has 1 atom stereocenters. The van der Waals surface area contributed by atoms with Gasteiger partial charge in [-0.3, -0.25) is 0 Å². The Morgan fingerprint density at radius 2 is 1.69 bits per heavy atom. The summed E-state index contributed by atoms with van der Waals surface area (Å²) in [5.41, 5.74) is 3.01. The summed E-state index contributed by atoms with van der Waals surface area (Å²) in [6.45, 7) is 1.08. The Hall–Kier alpha value is -1.50.